The molecule has 0 saturated heterocycles. The SMILES string of the molecule is COC(=O)[C@@]1(C)C[C@@H]2C(C)(CC(C)=C3C4=CC=C5C(=CC(=O)C(O)=C5C)[C@]4(C)CC[C@]32C)C[C@@H]1O. The topological polar surface area (TPSA) is 83.8 Å². The minimum absolute atomic E-state index is 0.107. The van der Waals surface area contributed by atoms with E-state index in [-0.39, 0.29) is 39.7 Å². The smallest absolute Gasteiger partial charge is 0.314 e. The molecule has 0 bridgehead atoms. The molecule has 5 aliphatic carbocycles. The summed E-state index contributed by atoms with van der Waals surface area (Å²) in [6.45, 7) is 12.8. The number of ether oxygens (including phenoxy) is 1. The van der Waals surface area contributed by atoms with Crippen molar-refractivity contribution in [3.8, 4) is 0 Å². The molecule has 6 atom stereocenters. The van der Waals surface area contributed by atoms with Crippen molar-refractivity contribution in [3.05, 3.63) is 57.4 Å². The highest BCUT2D eigenvalue weighted by molar-refractivity contribution is 6.06. The Morgan fingerprint density at radius 1 is 1.06 bits per heavy atom. The second-order valence-electron chi connectivity index (χ2n) is 12.7. The van der Waals surface area contributed by atoms with Gasteiger partial charge >= 0.3 is 5.97 Å². The van der Waals surface area contributed by atoms with Gasteiger partial charge in [-0.3, -0.25) is 9.59 Å². The van der Waals surface area contributed by atoms with Crippen molar-refractivity contribution < 1.29 is 24.5 Å². The second kappa shape index (κ2) is 7.32. The highest BCUT2D eigenvalue weighted by atomic mass is 16.5. The van der Waals surface area contributed by atoms with Crippen LogP contribution in [0.3, 0.4) is 0 Å². The third kappa shape index (κ3) is 2.97. The van der Waals surface area contributed by atoms with Gasteiger partial charge in [0.25, 0.3) is 0 Å². The van der Waals surface area contributed by atoms with E-state index >= 15 is 0 Å². The number of esters is 1. The molecule has 5 heteroatoms. The molecule has 0 aromatic rings. The van der Waals surface area contributed by atoms with E-state index < -0.39 is 11.5 Å². The summed E-state index contributed by atoms with van der Waals surface area (Å²) in [6.07, 6.45) is 9.01. The summed E-state index contributed by atoms with van der Waals surface area (Å²) in [5.41, 5.74) is 5.06. The lowest BCUT2D eigenvalue weighted by molar-refractivity contribution is -0.177. The quantitative estimate of drug-likeness (QED) is 0.474. The maximum absolute atomic E-state index is 12.9. The Labute approximate surface area is 208 Å². The Kier molecular flexibility index (Phi) is 5.08. The van der Waals surface area contributed by atoms with Crippen LogP contribution in [-0.4, -0.2) is 35.2 Å². The number of fused-ring (bicyclic) bond motifs is 7. The van der Waals surface area contributed by atoms with Crippen molar-refractivity contribution in [1.29, 1.82) is 0 Å². The lowest BCUT2D eigenvalue weighted by Crippen LogP contribution is -2.59. The fraction of sp³-hybridized carbons (Fsp3) is 0.600. The third-order valence-electron chi connectivity index (χ3n) is 10.5. The Morgan fingerprint density at radius 3 is 2.40 bits per heavy atom. The van der Waals surface area contributed by atoms with Crippen LogP contribution in [0.2, 0.25) is 0 Å². The molecule has 2 fully saturated rings. The van der Waals surface area contributed by atoms with Gasteiger partial charge in [-0.05, 0) is 98.0 Å². The molecule has 5 nitrogen and oxygen atoms in total. The van der Waals surface area contributed by atoms with Crippen molar-refractivity contribution in [2.45, 2.75) is 79.8 Å². The van der Waals surface area contributed by atoms with E-state index in [0.29, 0.717) is 18.4 Å². The van der Waals surface area contributed by atoms with E-state index in [2.05, 4.69) is 39.8 Å². The largest absolute Gasteiger partial charge is 0.504 e. The number of aliphatic hydroxyl groups excluding tert-OH is 2. The van der Waals surface area contributed by atoms with Crippen LogP contribution in [-0.2, 0) is 14.3 Å². The van der Waals surface area contributed by atoms with Gasteiger partial charge < -0.3 is 14.9 Å². The number of carbonyl (C=O) groups is 2. The molecule has 0 heterocycles. The molecule has 0 aromatic carbocycles. The number of rotatable bonds is 1. The number of allylic oxidation sites excluding steroid dienone is 9. The molecule has 5 rings (SSSR count). The minimum Gasteiger partial charge on any atom is -0.504 e. The molecule has 0 aromatic heterocycles. The molecule has 35 heavy (non-hydrogen) atoms. The molecule has 0 amide bonds. The van der Waals surface area contributed by atoms with E-state index in [1.165, 1.54) is 23.8 Å². The zero-order valence-electron chi connectivity index (χ0n) is 22.0. The van der Waals surface area contributed by atoms with Crippen LogP contribution in [0.4, 0.5) is 0 Å². The van der Waals surface area contributed by atoms with Crippen LogP contribution < -0.4 is 0 Å². The predicted octanol–water partition coefficient (Wildman–Crippen LogP) is 5.68. The molecule has 188 valence electrons. The van der Waals surface area contributed by atoms with E-state index in [1.54, 1.807) is 6.08 Å². The van der Waals surface area contributed by atoms with Crippen molar-refractivity contribution in [3.63, 3.8) is 0 Å². The minimum atomic E-state index is -0.926. The molecule has 5 aliphatic rings. The van der Waals surface area contributed by atoms with Gasteiger partial charge in [-0.1, -0.05) is 38.5 Å². The highest BCUT2D eigenvalue weighted by Gasteiger charge is 2.63. The molecule has 1 unspecified atom stereocenters. The Hall–Kier alpha value is -2.40. The zero-order valence-corrected chi connectivity index (χ0v) is 22.0. The maximum atomic E-state index is 12.9. The van der Waals surface area contributed by atoms with E-state index in [9.17, 15) is 19.8 Å². The third-order valence-corrected chi connectivity index (χ3v) is 10.5. The Morgan fingerprint density at radius 2 is 1.74 bits per heavy atom. The summed E-state index contributed by atoms with van der Waals surface area (Å²) in [5, 5.41) is 21.4. The summed E-state index contributed by atoms with van der Waals surface area (Å²) in [5.74, 6) is -0.596. The number of methoxy groups -OCH3 is 1. The van der Waals surface area contributed by atoms with Gasteiger partial charge in [0, 0.05) is 11.0 Å². The van der Waals surface area contributed by atoms with Gasteiger partial charge in [-0.2, -0.15) is 0 Å². The Balaban J connectivity index is 1.67. The molecule has 0 aliphatic heterocycles. The van der Waals surface area contributed by atoms with E-state index in [1.807, 2.05) is 13.8 Å². The van der Waals surface area contributed by atoms with Gasteiger partial charge in [-0.25, -0.2) is 0 Å². The normalized spacial score (nSPS) is 42.7. The van der Waals surface area contributed by atoms with Crippen LogP contribution in [0.15, 0.2) is 57.4 Å². The molecule has 2 saturated carbocycles. The molecule has 0 radical (unpaired) electrons. The first-order chi connectivity index (χ1) is 16.2. The number of hydrogen-bond donors (Lipinski definition) is 2. The van der Waals surface area contributed by atoms with Crippen LogP contribution in [0, 0.1) is 27.6 Å². The molecule has 0 spiro atoms. The number of hydrogen-bond acceptors (Lipinski definition) is 5. The number of ketones is 1. The number of aliphatic hydroxyl groups is 2. The summed E-state index contributed by atoms with van der Waals surface area (Å²) in [4.78, 5) is 25.5. The summed E-state index contributed by atoms with van der Waals surface area (Å²) < 4.78 is 5.16. The summed E-state index contributed by atoms with van der Waals surface area (Å²) >= 11 is 0. The summed E-state index contributed by atoms with van der Waals surface area (Å²) in [6, 6.07) is 0. The van der Waals surface area contributed by atoms with Crippen LogP contribution >= 0.6 is 0 Å². The van der Waals surface area contributed by atoms with Crippen molar-refractivity contribution >= 4 is 11.8 Å². The van der Waals surface area contributed by atoms with Gasteiger partial charge in [0.2, 0.25) is 5.78 Å². The molecular weight excluding hydrogens is 440 g/mol. The van der Waals surface area contributed by atoms with Crippen LogP contribution in [0.5, 0.6) is 0 Å². The summed E-state index contributed by atoms with van der Waals surface area (Å²) in [7, 11) is 1.41. The number of carbonyl (C=O) groups excluding carboxylic acids is 2. The highest BCUT2D eigenvalue weighted by Crippen LogP contribution is 2.70. The average Bonchev–Trinajstić information content (AvgIpc) is 2.79. The van der Waals surface area contributed by atoms with Crippen molar-refractivity contribution in [2.75, 3.05) is 7.11 Å². The van der Waals surface area contributed by atoms with Gasteiger partial charge in [0.05, 0.1) is 18.6 Å². The maximum Gasteiger partial charge on any atom is 0.314 e. The zero-order chi connectivity index (χ0) is 25.7. The monoisotopic (exact) mass is 478 g/mol. The molecule has 2 N–H and O–H groups in total. The fourth-order valence-electron chi connectivity index (χ4n) is 8.55. The standard InChI is InChI=1S/C30H38O5/c1-16-13-27(3)15-23(32)30(6,26(34)35-7)14-22(27)29(5)11-10-28(4)19(24(16)29)9-8-18-17(2)25(33)21(31)12-20(18)28/h8-9,12,22-23,32-33H,10-11,13-15H2,1-7H3/t22-,23+,27?,28-,29+,30+/m1/s1. The predicted molar refractivity (Wildman–Crippen MR) is 134 cm³/mol. The lowest BCUT2D eigenvalue weighted by Gasteiger charge is -2.63. The first-order valence-electron chi connectivity index (χ1n) is 12.8. The van der Waals surface area contributed by atoms with Gasteiger partial charge in [0.1, 0.15) is 0 Å². The van der Waals surface area contributed by atoms with Gasteiger partial charge in [-0.15, -0.1) is 0 Å². The lowest BCUT2D eigenvalue weighted by atomic mass is 9.40. The van der Waals surface area contributed by atoms with Crippen molar-refractivity contribution in [2.24, 2.45) is 27.6 Å². The molecular formula is C30H38O5. The first-order valence-corrected chi connectivity index (χ1v) is 12.8. The van der Waals surface area contributed by atoms with Crippen LogP contribution in [0.1, 0.15) is 73.6 Å². The second-order valence-corrected chi connectivity index (χ2v) is 12.7. The average molecular weight is 479 g/mol. The first kappa shape index (κ1) is 24.3. The van der Waals surface area contributed by atoms with E-state index in [0.717, 1.165) is 30.4 Å². The van der Waals surface area contributed by atoms with Crippen LogP contribution in [0.25, 0.3) is 0 Å². The fourth-order valence-corrected chi connectivity index (χ4v) is 8.55. The van der Waals surface area contributed by atoms with E-state index in [4.69, 9.17) is 4.74 Å². The van der Waals surface area contributed by atoms with Gasteiger partial charge in [0.15, 0.2) is 5.76 Å². The Bertz CT molecular complexity index is 1210. The van der Waals surface area contributed by atoms with Crippen molar-refractivity contribution in [1.82, 2.24) is 0 Å².